The second-order valence-corrected chi connectivity index (χ2v) is 9.17. The zero-order chi connectivity index (χ0) is 23.1. The van der Waals surface area contributed by atoms with Crippen molar-refractivity contribution in [1.29, 1.82) is 0 Å². The van der Waals surface area contributed by atoms with E-state index in [2.05, 4.69) is 5.32 Å². The van der Waals surface area contributed by atoms with Crippen LogP contribution in [0.15, 0.2) is 77.7 Å². The molecule has 0 spiro atoms. The highest BCUT2D eigenvalue weighted by molar-refractivity contribution is 7.92. The highest BCUT2D eigenvalue weighted by Crippen LogP contribution is 2.25. The maximum absolute atomic E-state index is 13.0. The molecule has 1 amide bonds. The number of carbonyl (C=O) groups is 1. The Balaban J connectivity index is 1.62. The molecule has 0 aliphatic rings. The summed E-state index contributed by atoms with van der Waals surface area (Å²) < 4.78 is 37.8. The van der Waals surface area contributed by atoms with Crippen molar-refractivity contribution < 1.29 is 22.7 Å². The van der Waals surface area contributed by atoms with Gasteiger partial charge in [-0.15, -0.1) is 0 Å². The van der Waals surface area contributed by atoms with Crippen molar-refractivity contribution in [3.63, 3.8) is 0 Å². The van der Waals surface area contributed by atoms with Crippen molar-refractivity contribution in [3.8, 4) is 11.5 Å². The monoisotopic (exact) mass is 474 g/mol. The van der Waals surface area contributed by atoms with Gasteiger partial charge in [-0.2, -0.15) is 0 Å². The Hall–Kier alpha value is -3.23. The number of rotatable bonds is 9. The fraction of sp³-hybridized carbons (Fsp3) is 0.174. The third-order valence-corrected chi connectivity index (χ3v) is 6.66. The van der Waals surface area contributed by atoms with Gasteiger partial charge < -0.3 is 14.8 Å². The molecule has 168 valence electrons. The lowest BCUT2D eigenvalue weighted by molar-refractivity contribution is 0.0947. The number of ether oxygens (including phenoxy) is 2. The second-order valence-electron chi connectivity index (χ2n) is 6.76. The van der Waals surface area contributed by atoms with E-state index in [9.17, 15) is 13.2 Å². The minimum absolute atomic E-state index is 0.00195. The van der Waals surface area contributed by atoms with Gasteiger partial charge in [0.05, 0.1) is 24.2 Å². The Bertz CT molecular complexity index is 1180. The number of nitrogens with one attached hydrogen (secondary N) is 1. The van der Waals surface area contributed by atoms with Gasteiger partial charge in [0.15, 0.2) is 0 Å². The number of hydrogen-bond acceptors (Lipinski definition) is 5. The van der Waals surface area contributed by atoms with Crippen molar-refractivity contribution in [1.82, 2.24) is 5.32 Å². The number of methoxy groups -OCH3 is 1. The van der Waals surface area contributed by atoms with Crippen LogP contribution < -0.4 is 19.1 Å². The number of nitrogens with zero attached hydrogens (tertiary/aromatic N) is 1. The van der Waals surface area contributed by atoms with Gasteiger partial charge in [-0.1, -0.05) is 23.7 Å². The van der Waals surface area contributed by atoms with Gasteiger partial charge in [0.1, 0.15) is 18.1 Å². The minimum atomic E-state index is -3.87. The van der Waals surface area contributed by atoms with Gasteiger partial charge in [0, 0.05) is 17.6 Å². The van der Waals surface area contributed by atoms with Gasteiger partial charge >= 0.3 is 0 Å². The summed E-state index contributed by atoms with van der Waals surface area (Å²) in [4.78, 5) is 12.5. The first-order valence-electron chi connectivity index (χ1n) is 9.71. The Morgan fingerprint density at radius 1 is 1.00 bits per heavy atom. The van der Waals surface area contributed by atoms with E-state index in [1.165, 1.54) is 25.2 Å². The smallest absolute Gasteiger partial charge is 0.264 e. The Labute approximate surface area is 192 Å². The van der Waals surface area contributed by atoms with Crippen molar-refractivity contribution in [3.05, 3.63) is 83.4 Å². The van der Waals surface area contributed by atoms with Crippen LogP contribution in [-0.2, 0) is 10.0 Å². The van der Waals surface area contributed by atoms with Gasteiger partial charge in [0.25, 0.3) is 15.9 Å². The molecule has 0 bridgehead atoms. The Morgan fingerprint density at radius 3 is 2.38 bits per heavy atom. The van der Waals surface area contributed by atoms with E-state index in [0.29, 0.717) is 16.5 Å². The molecule has 0 aliphatic heterocycles. The summed E-state index contributed by atoms with van der Waals surface area (Å²) in [6.07, 6.45) is 0. The minimum Gasteiger partial charge on any atom is -0.497 e. The van der Waals surface area contributed by atoms with Gasteiger partial charge in [0.2, 0.25) is 0 Å². The van der Waals surface area contributed by atoms with Gasteiger partial charge in [-0.25, -0.2) is 8.42 Å². The average molecular weight is 475 g/mol. The van der Waals surface area contributed by atoms with Crippen LogP contribution in [0.25, 0.3) is 0 Å². The molecule has 0 aromatic heterocycles. The first-order chi connectivity index (χ1) is 15.3. The Kier molecular flexibility index (Phi) is 7.61. The van der Waals surface area contributed by atoms with Crippen LogP contribution in [-0.4, -0.2) is 41.6 Å². The van der Waals surface area contributed by atoms with E-state index in [1.54, 1.807) is 61.7 Å². The molecule has 32 heavy (non-hydrogen) atoms. The number of hydrogen-bond donors (Lipinski definition) is 1. The molecular weight excluding hydrogens is 452 g/mol. The Morgan fingerprint density at radius 2 is 1.69 bits per heavy atom. The predicted molar refractivity (Wildman–Crippen MR) is 124 cm³/mol. The number of halogens is 1. The molecule has 0 fully saturated rings. The normalized spacial score (nSPS) is 11.0. The summed E-state index contributed by atoms with van der Waals surface area (Å²) in [6, 6.07) is 19.5. The summed E-state index contributed by atoms with van der Waals surface area (Å²) in [5, 5.41) is 3.15. The first-order valence-corrected chi connectivity index (χ1v) is 11.5. The van der Waals surface area contributed by atoms with Gasteiger partial charge in [-0.3, -0.25) is 9.10 Å². The third kappa shape index (κ3) is 5.72. The maximum atomic E-state index is 13.0. The molecule has 3 aromatic rings. The van der Waals surface area contributed by atoms with E-state index < -0.39 is 15.9 Å². The number of sulfonamides is 1. The van der Waals surface area contributed by atoms with Crippen LogP contribution in [0.2, 0.25) is 5.02 Å². The quantitative estimate of drug-likeness (QED) is 0.474. The van der Waals surface area contributed by atoms with Crippen LogP contribution in [0.3, 0.4) is 0 Å². The second kappa shape index (κ2) is 10.4. The molecule has 9 heteroatoms. The number of benzene rings is 3. The molecule has 1 N–H and O–H groups in total. The fourth-order valence-electron chi connectivity index (χ4n) is 2.87. The molecule has 3 rings (SSSR count). The molecule has 0 unspecified atom stereocenters. The lowest BCUT2D eigenvalue weighted by atomic mass is 10.2. The SMILES string of the molecule is COc1ccc(OCCNC(=O)c2cccc(S(=O)(=O)N(C)c3cccc(Cl)c3)c2)cc1. The predicted octanol–water partition coefficient (Wildman–Crippen LogP) is 3.98. The molecule has 0 aliphatic carbocycles. The standard InChI is InChI=1S/C23H23ClN2O5S/c1-26(19-7-4-6-18(24)16-19)32(28,29)22-8-3-5-17(15-22)23(27)25-13-14-31-21-11-9-20(30-2)10-12-21/h3-12,15-16H,13-14H2,1-2H3,(H,25,27). The average Bonchev–Trinajstić information content (AvgIpc) is 2.81. The van der Waals surface area contributed by atoms with E-state index in [4.69, 9.17) is 21.1 Å². The van der Waals surface area contributed by atoms with E-state index in [1.807, 2.05) is 0 Å². The maximum Gasteiger partial charge on any atom is 0.264 e. The van der Waals surface area contributed by atoms with Crippen molar-refractivity contribution in [2.45, 2.75) is 4.90 Å². The molecule has 0 heterocycles. The number of anilines is 1. The molecular formula is C23H23ClN2O5S. The molecule has 0 radical (unpaired) electrons. The summed E-state index contributed by atoms with van der Waals surface area (Å²) >= 11 is 5.97. The molecule has 0 saturated carbocycles. The zero-order valence-electron chi connectivity index (χ0n) is 17.6. The van der Waals surface area contributed by atoms with Crippen LogP contribution in [0.5, 0.6) is 11.5 Å². The molecule has 3 aromatic carbocycles. The van der Waals surface area contributed by atoms with Crippen molar-refractivity contribution in [2.24, 2.45) is 0 Å². The lowest BCUT2D eigenvalue weighted by Gasteiger charge is -2.20. The molecule has 0 atom stereocenters. The molecule has 7 nitrogen and oxygen atoms in total. The lowest BCUT2D eigenvalue weighted by Crippen LogP contribution is -2.29. The van der Waals surface area contributed by atoms with Crippen molar-refractivity contribution in [2.75, 3.05) is 31.6 Å². The largest absolute Gasteiger partial charge is 0.497 e. The van der Waals surface area contributed by atoms with E-state index in [0.717, 1.165) is 10.1 Å². The van der Waals surface area contributed by atoms with Crippen molar-refractivity contribution >= 4 is 33.2 Å². The summed E-state index contributed by atoms with van der Waals surface area (Å²) in [5.74, 6) is 0.976. The summed E-state index contributed by atoms with van der Waals surface area (Å²) in [6.45, 7) is 0.512. The fourth-order valence-corrected chi connectivity index (χ4v) is 4.29. The summed E-state index contributed by atoms with van der Waals surface area (Å²) in [5.41, 5.74) is 0.651. The first kappa shape index (κ1) is 23.4. The highest BCUT2D eigenvalue weighted by atomic mass is 35.5. The van der Waals surface area contributed by atoms with Crippen LogP contribution in [0, 0.1) is 0 Å². The van der Waals surface area contributed by atoms with Gasteiger partial charge in [-0.05, 0) is 60.7 Å². The number of carbonyl (C=O) groups excluding carboxylic acids is 1. The number of amides is 1. The third-order valence-electron chi connectivity index (χ3n) is 4.64. The van der Waals surface area contributed by atoms with Crippen LogP contribution in [0.1, 0.15) is 10.4 Å². The summed E-state index contributed by atoms with van der Waals surface area (Å²) in [7, 11) is -0.853. The van der Waals surface area contributed by atoms with E-state index >= 15 is 0 Å². The van der Waals surface area contributed by atoms with Crippen LogP contribution in [0.4, 0.5) is 5.69 Å². The highest BCUT2D eigenvalue weighted by Gasteiger charge is 2.22. The van der Waals surface area contributed by atoms with E-state index in [-0.39, 0.29) is 23.6 Å². The zero-order valence-corrected chi connectivity index (χ0v) is 19.2. The molecule has 0 saturated heterocycles. The topological polar surface area (TPSA) is 84.9 Å². The van der Waals surface area contributed by atoms with Crippen LogP contribution >= 0.6 is 11.6 Å².